The molecular weight excluding hydrogens is 268 g/mol. The second kappa shape index (κ2) is 5.92. The van der Waals surface area contributed by atoms with Gasteiger partial charge < -0.3 is 19.0 Å². The maximum Gasteiger partial charge on any atom is 0.125 e. The van der Waals surface area contributed by atoms with Gasteiger partial charge in [0.2, 0.25) is 0 Å². The first kappa shape index (κ1) is 14.2. The fraction of sp³-hybridized carbons (Fsp3) is 0.412. The molecule has 0 saturated heterocycles. The van der Waals surface area contributed by atoms with Crippen LogP contribution in [0.15, 0.2) is 41.0 Å². The molecule has 1 aromatic carbocycles. The van der Waals surface area contributed by atoms with Gasteiger partial charge in [0.05, 0.1) is 12.9 Å². The average Bonchev–Trinajstić information content (AvgIpc) is 2.98. The molecule has 0 amide bonds. The number of ether oxygens (including phenoxy) is 2. The molecule has 1 aliphatic rings. The largest absolute Gasteiger partial charge is 0.491 e. The predicted molar refractivity (Wildman–Crippen MR) is 78.5 cm³/mol. The van der Waals surface area contributed by atoms with Gasteiger partial charge in [-0.3, -0.25) is 0 Å². The summed E-state index contributed by atoms with van der Waals surface area (Å²) in [6.07, 6.45) is 4.08. The van der Waals surface area contributed by atoms with E-state index < -0.39 is 5.60 Å². The molecule has 0 aliphatic heterocycles. The van der Waals surface area contributed by atoms with Crippen LogP contribution in [-0.4, -0.2) is 25.4 Å². The third kappa shape index (κ3) is 2.57. The Morgan fingerprint density at radius 1 is 1.19 bits per heavy atom. The number of benzene rings is 1. The predicted octanol–water partition coefficient (Wildman–Crippen LogP) is 2.88. The minimum Gasteiger partial charge on any atom is -0.491 e. The van der Waals surface area contributed by atoms with Crippen molar-refractivity contribution in [2.75, 3.05) is 20.3 Å². The van der Waals surface area contributed by atoms with E-state index in [0.29, 0.717) is 25.4 Å². The van der Waals surface area contributed by atoms with Gasteiger partial charge in [0.1, 0.15) is 23.7 Å². The number of hydrogen-bond donors (Lipinski definition) is 1. The van der Waals surface area contributed by atoms with Crippen molar-refractivity contribution < 1.29 is 19.0 Å². The van der Waals surface area contributed by atoms with Crippen LogP contribution < -0.4 is 4.74 Å². The van der Waals surface area contributed by atoms with E-state index in [-0.39, 0.29) is 0 Å². The molecule has 3 rings (SSSR count). The molecule has 112 valence electrons. The van der Waals surface area contributed by atoms with E-state index in [1.54, 1.807) is 13.4 Å². The van der Waals surface area contributed by atoms with Gasteiger partial charge in [-0.25, -0.2) is 0 Å². The first-order valence-corrected chi connectivity index (χ1v) is 7.26. The van der Waals surface area contributed by atoms with Crippen LogP contribution in [0.1, 0.15) is 29.7 Å². The number of para-hydroxylation sites is 1. The smallest absolute Gasteiger partial charge is 0.125 e. The lowest BCUT2D eigenvalue weighted by molar-refractivity contribution is 0.0544. The number of fused-ring (bicyclic) bond motifs is 1. The molecule has 0 fully saturated rings. The van der Waals surface area contributed by atoms with Gasteiger partial charge in [-0.1, -0.05) is 18.2 Å². The fourth-order valence-electron chi connectivity index (χ4n) is 2.99. The number of rotatable bonds is 5. The van der Waals surface area contributed by atoms with E-state index in [2.05, 4.69) is 0 Å². The standard InChI is InChI=1S/C17H20O4/c1-19-11-12-21-15-6-3-2-5-13(15)17(18)9-4-7-16-14(17)8-10-20-16/h2-3,5-6,8,10,18H,4,7,9,11-12H2,1H3. The van der Waals surface area contributed by atoms with Crippen LogP contribution in [0, 0.1) is 0 Å². The Morgan fingerprint density at radius 3 is 2.90 bits per heavy atom. The van der Waals surface area contributed by atoms with Crippen molar-refractivity contribution in [2.24, 2.45) is 0 Å². The molecule has 0 bridgehead atoms. The van der Waals surface area contributed by atoms with Crippen molar-refractivity contribution in [3.63, 3.8) is 0 Å². The highest BCUT2D eigenvalue weighted by atomic mass is 16.5. The van der Waals surface area contributed by atoms with Crippen molar-refractivity contribution in [3.8, 4) is 5.75 Å². The van der Waals surface area contributed by atoms with Crippen LogP contribution >= 0.6 is 0 Å². The van der Waals surface area contributed by atoms with Gasteiger partial charge >= 0.3 is 0 Å². The van der Waals surface area contributed by atoms with Crippen molar-refractivity contribution in [1.82, 2.24) is 0 Å². The van der Waals surface area contributed by atoms with Gasteiger partial charge in [-0.15, -0.1) is 0 Å². The maximum atomic E-state index is 11.2. The third-order valence-corrected chi connectivity index (χ3v) is 4.01. The molecule has 2 aromatic rings. The van der Waals surface area contributed by atoms with Crippen LogP contribution in [0.25, 0.3) is 0 Å². The number of aryl methyl sites for hydroxylation is 1. The summed E-state index contributed by atoms with van der Waals surface area (Å²) in [4.78, 5) is 0. The summed E-state index contributed by atoms with van der Waals surface area (Å²) in [5.41, 5.74) is 0.615. The molecule has 0 saturated carbocycles. The Balaban J connectivity index is 1.97. The molecule has 21 heavy (non-hydrogen) atoms. The molecule has 0 radical (unpaired) electrons. The van der Waals surface area contributed by atoms with Crippen LogP contribution in [0.4, 0.5) is 0 Å². The number of aliphatic hydroxyl groups is 1. The van der Waals surface area contributed by atoms with Crippen LogP contribution in [0.2, 0.25) is 0 Å². The van der Waals surface area contributed by atoms with Gasteiger partial charge in [-0.05, 0) is 25.0 Å². The number of hydrogen-bond acceptors (Lipinski definition) is 4. The van der Waals surface area contributed by atoms with E-state index >= 15 is 0 Å². The molecule has 1 aromatic heterocycles. The fourth-order valence-corrected chi connectivity index (χ4v) is 2.99. The van der Waals surface area contributed by atoms with Crippen molar-refractivity contribution in [3.05, 3.63) is 53.5 Å². The summed E-state index contributed by atoms with van der Waals surface area (Å²) in [6, 6.07) is 9.50. The Kier molecular flexibility index (Phi) is 3.99. The normalized spacial score (nSPS) is 21.0. The molecular formula is C17H20O4. The molecule has 4 heteroatoms. The third-order valence-electron chi connectivity index (χ3n) is 4.01. The Hall–Kier alpha value is -1.78. The Labute approximate surface area is 124 Å². The van der Waals surface area contributed by atoms with Crippen molar-refractivity contribution in [1.29, 1.82) is 0 Å². The Morgan fingerprint density at radius 2 is 2.05 bits per heavy atom. The summed E-state index contributed by atoms with van der Waals surface area (Å²) < 4.78 is 16.3. The molecule has 4 nitrogen and oxygen atoms in total. The SMILES string of the molecule is COCCOc1ccccc1C1(O)CCCc2occc21. The zero-order chi connectivity index (χ0) is 14.7. The van der Waals surface area contributed by atoms with Gasteiger partial charge in [0.25, 0.3) is 0 Å². The summed E-state index contributed by atoms with van der Waals surface area (Å²) in [5.74, 6) is 1.57. The molecule has 1 heterocycles. The second-order valence-corrected chi connectivity index (χ2v) is 5.31. The van der Waals surface area contributed by atoms with E-state index in [4.69, 9.17) is 13.9 Å². The first-order chi connectivity index (χ1) is 10.3. The first-order valence-electron chi connectivity index (χ1n) is 7.26. The van der Waals surface area contributed by atoms with E-state index in [9.17, 15) is 5.11 Å². The van der Waals surface area contributed by atoms with Crippen LogP contribution in [0.5, 0.6) is 5.75 Å². The quantitative estimate of drug-likeness (QED) is 0.860. The molecule has 1 atom stereocenters. The lowest BCUT2D eigenvalue weighted by atomic mass is 9.77. The lowest BCUT2D eigenvalue weighted by Crippen LogP contribution is -2.31. The molecule has 1 unspecified atom stereocenters. The minimum atomic E-state index is -1.04. The average molecular weight is 288 g/mol. The topological polar surface area (TPSA) is 51.8 Å². The maximum absolute atomic E-state index is 11.2. The van der Waals surface area contributed by atoms with Crippen molar-refractivity contribution >= 4 is 0 Å². The van der Waals surface area contributed by atoms with Gasteiger partial charge in [-0.2, -0.15) is 0 Å². The minimum absolute atomic E-state index is 0.460. The van der Waals surface area contributed by atoms with Crippen LogP contribution in [0.3, 0.4) is 0 Å². The zero-order valence-corrected chi connectivity index (χ0v) is 12.2. The summed E-state index contributed by atoms with van der Waals surface area (Å²) in [5, 5.41) is 11.2. The monoisotopic (exact) mass is 288 g/mol. The number of furan rings is 1. The Bertz CT molecular complexity index is 604. The van der Waals surface area contributed by atoms with E-state index in [1.807, 2.05) is 30.3 Å². The molecule has 1 N–H and O–H groups in total. The van der Waals surface area contributed by atoms with Gasteiger partial charge in [0.15, 0.2) is 0 Å². The highest BCUT2D eigenvalue weighted by Crippen LogP contribution is 2.44. The molecule has 0 spiro atoms. The highest BCUT2D eigenvalue weighted by Gasteiger charge is 2.39. The van der Waals surface area contributed by atoms with Gasteiger partial charge in [0, 0.05) is 24.7 Å². The van der Waals surface area contributed by atoms with E-state index in [1.165, 1.54) is 0 Å². The summed E-state index contributed by atoms with van der Waals surface area (Å²) >= 11 is 0. The van der Waals surface area contributed by atoms with Crippen molar-refractivity contribution in [2.45, 2.75) is 24.9 Å². The van der Waals surface area contributed by atoms with E-state index in [0.717, 1.165) is 29.7 Å². The highest BCUT2D eigenvalue weighted by molar-refractivity contribution is 5.46. The number of methoxy groups -OCH3 is 1. The van der Waals surface area contributed by atoms with Crippen LogP contribution in [-0.2, 0) is 16.8 Å². The zero-order valence-electron chi connectivity index (χ0n) is 12.2. The summed E-state index contributed by atoms with van der Waals surface area (Å²) in [7, 11) is 1.64. The lowest BCUT2D eigenvalue weighted by Gasteiger charge is -2.33. The summed E-state index contributed by atoms with van der Waals surface area (Å²) in [6.45, 7) is 0.978. The molecule has 1 aliphatic carbocycles. The second-order valence-electron chi connectivity index (χ2n) is 5.31.